The summed E-state index contributed by atoms with van der Waals surface area (Å²) in [6.07, 6.45) is -5.05. The monoisotopic (exact) mass is 281 g/mol. The molecule has 0 amide bonds. The maximum Gasteiger partial charge on any atom is 0.389 e. The maximum absolute atomic E-state index is 11.9. The zero-order chi connectivity index (χ0) is 11.5. The molecule has 0 radical (unpaired) electrons. The van der Waals surface area contributed by atoms with Crippen molar-refractivity contribution < 1.29 is 13.2 Å². The molecule has 0 fully saturated rings. The molecule has 5 heteroatoms. The van der Waals surface area contributed by atoms with Crippen molar-refractivity contribution in [1.82, 2.24) is 0 Å². The van der Waals surface area contributed by atoms with Crippen molar-refractivity contribution in [3.8, 4) is 0 Å². The highest BCUT2D eigenvalue weighted by Gasteiger charge is 2.27. The second-order valence-electron chi connectivity index (χ2n) is 3.31. The van der Waals surface area contributed by atoms with Gasteiger partial charge in [0.15, 0.2) is 0 Å². The summed E-state index contributed by atoms with van der Waals surface area (Å²) < 4.78 is 36.7. The lowest BCUT2D eigenvalue weighted by Gasteiger charge is -2.13. The van der Waals surface area contributed by atoms with Crippen LogP contribution in [0.25, 0.3) is 0 Å². The van der Waals surface area contributed by atoms with E-state index in [-0.39, 0.29) is 6.42 Å². The van der Waals surface area contributed by atoms with Crippen molar-refractivity contribution in [2.24, 2.45) is 5.73 Å². The van der Waals surface area contributed by atoms with Gasteiger partial charge in [0.1, 0.15) is 0 Å². The SMILES string of the molecule is NC(CCC(F)(F)F)c1ccc(Br)cc1. The Labute approximate surface area is 94.6 Å². The van der Waals surface area contributed by atoms with Crippen LogP contribution in [0, 0.1) is 0 Å². The lowest BCUT2D eigenvalue weighted by Crippen LogP contribution is -2.15. The largest absolute Gasteiger partial charge is 0.389 e. The van der Waals surface area contributed by atoms with Gasteiger partial charge in [-0.2, -0.15) is 13.2 Å². The van der Waals surface area contributed by atoms with Gasteiger partial charge in [0, 0.05) is 16.9 Å². The van der Waals surface area contributed by atoms with E-state index >= 15 is 0 Å². The third-order valence-corrected chi connectivity index (χ3v) is 2.57. The van der Waals surface area contributed by atoms with Crippen molar-refractivity contribution in [2.45, 2.75) is 25.1 Å². The van der Waals surface area contributed by atoms with Crippen molar-refractivity contribution in [2.75, 3.05) is 0 Å². The molecule has 1 aromatic rings. The molecule has 0 spiro atoms. The molecule has 1 unspecified atom stereocenters. The molecule has 1 atom stereocenters. The minimum absolute atomic E-state index is 0.0782. The van der Waals surface area contributed by atoms with Crippen LogP contribution in [-0.4, -0.2) is 6.18 Å². The Morgan fingerprint density at radius 1 is 1.20 bits per heavy atom. The minimum Gasteiger partial charge on any atom is -0.324 e. The summed E-state index contributed by atoms with van der Waals surface area (Å²) in [5, 5.41) is 0. The summed E-state index contributed by atoms with van der Waals surface area (Å²) in [5.41, 5.74) is 6.36. The molecule has 2 N–H and O–H groups in total. The van der Waals surface area contributed by atoms with Crippen LogP contribution in [0.15, 0.2) is 28.7 Å². The predicted octanol–water partition coefficient (Wildman–Crippen LogP) is 3.79. The highest BCUT2D eigenvalue weighted by Crippen LogP contribution is 2.26. The minimum atomic E-state index is -4.13. The van der Waals surface area contributed by atoms with Gasteiger partial charge in [-0.25, -0.2) is 0 Å². The van der Waals surface area contributed by atoms with E-state index in [9.17, 15) is 13.2 Å². The lowest BCUT2D eigenvalue weighted by molar-refractivity contribution is -0.136. The molecule has 15 heavy (non-hydrogen) atoms. The average molecular weight is 282 g/mol. The third kappa shape index (κ3) is 4.66. The van der Waals surface area contributed by atoms with E-state index in [1.54, 1.807) is 24.3 Å². The van der Waals surface area contributed by atoms with E-state index in [0.29, 0.717) is 0 Å². The standard InChI is InChI=1S/C10H11BrF3N/c11-8-3-1-7(2-4-8)9(15)5-6-10(12,13)14/h1-4,9H,5-6,15H2. The molecule has 1 aromatic carbocycles. The van der Waals surface area contributed by atoms with Crippen LogP contribution in [-0.2, 0) is 0 Å². The predicted molar refractivity (Wildman–Crippen MR) is 56.4 cm³/mol. The van der Waals surface area contributed by atoms with Gasteiger partial charge in [0.05, 0.1) is 0 Å². The van der Waals surface area contributed by atoms with Crippen LogP contribution in [0.4, 0.5) is 13.2 Å². The van der Waals surface area contributed by atoms with E-state index in [0.717, 1.165) is 10.0 Å². The van der Waals surface area contributed by atoms with E-state index in [4.69, 9.17) is 5.73 Å². The first kappa shape index (κ1) is 12.5. The number of nitrogens with two attached hydrogens (primary N) is 1. The summed E-state index contributed by atoms with van der Waals surface area (Å²) >= 11 is 3.24. The molecule has 0 saturated carbocycles. The molecule has 0 aromatic heterocycles. The van der Waals surface area contributed by atoms with Crippen molar-refractivity contribution in [3.05, 3.63) is 34.3 Å². The summed E-state index contributed by atoms with van der Waals surface area (Å²) in [5.74, 6) is 0. The molecular formula is C10H11BrF3N. The Balaban J connectivity index is 2.54. The first-order valence-corrected chi connectivity index (χ1v) is 5.25. The van der Waals surface area contributed by atoms with Crippen molar-refractivity contribution >= 4 is 15.9 Å². The van der Waals surface area contributed by atoms with E-state index in [1.807, 2.05) is 0 Å². The molecule has 1 rings (SSSR count). The van der Waals surface area contributed by atoms with Crippen LogP contribution in [0.3, 0.4) is 0 Å². The van der Waals surface area contributed by atoms with E-state index in [2.05, 4.69) is 15.9 Å². The van der Waals surface area contributed by atoms with Gasteiger partial charge in [-0.05, 0) is 24.1 Å². The van der Waals surface area contributed by atoms with Crippen LogP contribution in [0.5, 0.6) is 0 Å². The molecule has 0 saturated heterocycles. The highest BCUT2D eigenvalue weighted by molar-refractivity contribution is 9.10. The van der Waals surface area contributed by atoms with Gasteiger partial charge < -0.3 is 5.73 Å². The molecule has 1 nitrogen and oxygen atoms in total. The van der Waals surface area contributed by atoms with Gasteiger partial charge in [-0.3, -0.25) is 0 Å². The molecule has 0 aliphatic rings. The van der Waals surface area contributed by atoms with E-state index in [1.165, 1.54) is 0 Å². The van der Waals surface area contributed by atoms with Gasteiger partial charge in [0.2, 0.25) is 0 Å². The Morgan fingerprint density at radius 3 is 2.20 bits per heavy atom. The summed E-state index contributed by atoms with van der Waals surface area (Å²) in [6.45, 7) is 0. The normalized spacial score (nSPS) is 13.9. The van der Waals surface area contributed by atoms with Crippen LogP contribution >= 0.6 is 15.9 Å². The molecule has 0 aliphatic carbocycles. The molecule has 84 valence electrons. The quantitative estimate of drug-likeness (QED) is 0.896. The summed E-state index contributed by atoms with van der Waals surface area (Å²) in [6, 6.07) is 6.43. The number of alkyl halides is 3. The third-order valence-electron chi connectivity index (χ3n) is 2.04. The number of hydrogen-bond acceptors (Lipinski definition) is 1. The van der Waals surface area contributed by atoms with E-state index < -0.39 is 18.6 Å². The first-order chi connectivity index (χ1) is 6.88. The maximum atomic E-state index is 11.9. The topological polar surface area (TPSA) is 26.0 Å². The molecule has 0 aliphatic heterocycles. The van der Waals surface area contributed by atoms with Crippen LogP contribution in [0.1, 0.15) is 24.4 Å². The van der Waals surface area contributed by atoms with Crippen LogP contribution < -0.4 is 5.73 Å². The Kier molecular flexibility index (Phi) is 4.16. The number of hydrogen-bond donors (Lipinski definition) is 1. The van der Waals surface area contributed by atoms with Crippen molar-refractivity contribution in [1.29, 1.82) is 0 Å². The average Bonchev–Trinajstić information content (AvgIpc) is 2.14. The second kappa shape index (κ2) is 4.99. The Hall–Kier alpha value is -0.550. The summed E-state index contributed by atoms with van der Waals surface area (Å²) in [4.78, 5) is 0. The smallest absolute Gasteiger partial charge is 0.324 e. The lowest BCUT2D eigenvalue weighted by atomic mass is 10.0. The fourth-order valence-electron chi connectivity index (χ4n) is 1.20. The fourth-order valence-corrected chi connectivity index (χ4v) is 1.46. The summed E-state index contributed by atoms with van der Waals surface area (Å²) in [7, 11) is 0. The van der Waals surface area contributed by atoms with Crippen LogP contribution in [0.2, 0.25) is 0 Å². The van der Waals surface area contributed by atoms with Crippen molar-refractivity contribution in [3.63, 3.8) is 0 Å². The Bertz CT molecular complexity index is 307. The molecular weight excluding hydrogens is 271 g/mol. The number of benzene rings is 1. The first-order valence-electron chi connectivity index (χ1n) is 4.46. The Morgan fingerprint density at radius 2 is 1.73 bits per heavy atom. The van der Waals surface area contributed by atoms with Gasteiger partial charge >= 0.3 is 6.18 Å². The molecule has 0 heterocycles. The number of rotatable bonds is 3. The zero-order valence-electron chi connectivity index (χ0n) is 7.89. The zero-order valence-corrected chi connectivity index (χ0v) is 9.48. The van der Waals surface area contributed by atoms with Gasteiger partial charge in [-0.15, -0.1) is 0 Å². The number of halogens is 4. The fraction of sp³-hybridized carbons (Fsp3) is 0.400. The molecule has 0 bridgehead atoms. The highest BCUT2D eigenvalue weighted by atomic mass is 79.9. The van der Waals surface area contributed by atoms with Gasteiger partial charge in [-0.1, -0.05) is 28.1 Å². The second-order valence-corrected chi connectivity index (χ2v) is 4.23. The van der Waals surface area contributed by atoms with Gasteiger partial charge in [0.25, 0.3) is 0 Å².